The molecule has 108 valence electrons. The minimum Gasteiger partial charge on any atom is -0.391 e. The number of terminal acetylenes is 1. The normalized spacial score (nSPS) is 34.6. The lowest BCUT2D eigenvalue weighted by atomic mass is 9.95. The summed E-state index contributed by atoms with van der Waals surface area (Å²) in [5.41, 5.74) is -4.65. The highest BCUT2D eigenvalue weighted by Crippen LogP contribution is 2.41. The van der Waals surface area contributed by atoms with Crippen molar-refractivity contribution < 1.29 is 19.3 Å². The Morgan fingerprint density at radius 1 is 1.70 bits per heavy atom. The van der Waals surface area contributed by atoms with Gasteiger partial charge in [0, 0.05) is 0 Å². The second-order valence-electron chi connectivity index (χ2n) is 4.44. The average Bonchev–Trinajstić information content (AvgIpc) is 2.64. The van der Waals surface area contributed by atoms with Crippen LogP contribution in [0.1, 0.15) is 13.2 Å². The van der Waals surface area contributed by atoms with Gasteiger partial charge in [-0.1, -0.05) is 5.92 Å². The fourth-order valence-electron chi connectivity index (χ4n) is 2.03. The number of alkyl halides is 1. The molecule has 0 saturated carbocycles. The van der Waals surface area contributed by atoms with Crippen molar-refractivity contribution in [3.63, 3.8) is 0 Å². The first-order valence-electron chi connectivity index (χ1n) is 5.67. The number of halogens is 1. The number of aromatic nitrogens is 3. The lowest BCUT2D eigenvalue weighted by Gasteiger charge is -2.23. The molecule has 0 aromatic carbocycles. The van der Waals surface area contributed by atoms with Crippen molar-refractivity contribution in [3.05, 3.63) is 27.3 Å². The highest BCUT2D eigenvalue weighted by atomic mass is 19.1. The van der Waals surface area contributed by atoms with E-state index in [1.807, 2.05) is 4.98 Å². The number of ether oxygens (including phenoxy) is 1. The Hall–Kier alpha value is -2.02. The summed E-state index contributed by atoms with van der Waals surface area (Å²) in [4.78, 5) is 27.6. The second kappa shape index (κ2) is 4.82. The molecule has 5 atom stereocenters. The van der Waals surface area contributed by atoms with Crippen LogP contribution in [0.3, 0.4) is 0 Å². The number of aliphatic hydroxyl groups excluding tert-OH is 2. The number of aromatic amines is 1. The van der Waals surface area contributed by atoms with Gasteiger partial charge < -0.3 is 14.9 Å². The zero-order chi connectivity index (χ0) is 15.1. The smallest absolute Gasteiger partial charge is 0.350 e. The molecule has 1 aliphatic rings. The maximum Gasteiger partial charge on any atom is 0.350 e. The molecule has 0 bridgehead atoms. The Labute approximate surface area is 111 Å². The molecule has 2 heterocycles. The minimum atomic E-state index is -2.74. The summed E-state index contributed by atoms with van der Waals surface area (Å²) >= 11 is 0. The number of nitrogens with zero attached hydrogens (tertiary/aromatic N) is 2. The van der Waals surface area contributed by atoms with E-state index >= 15 is 0 Å². The van der Waals surface area contributed by atoms with Crippen molar-refractivity contribution in [2.24, 2.45) is 0 Å². The molecule has 1 unspecified atom stereocenters. The molecule has 0 aliphatic carbocycles. The van der Waals surface area contributed by atoms with Crippen molar-refractivity contribution >= 4 is 0 Å². The van der Waals surface area contributed by atoms with Crippen LogP contribution in [0.25, 0.3) is 0 Å². The first kappa shape index (κ1) is 14.4. The number of hydrogen-bond acceptors (Lipinski definition) is 6. The highest BCUT2D eigenvalue weighted by Gasteiger charge is 2.59. The molecule has 0 radical (unpaired) electrons. The monoisotopic (exact) mass is 285 g/mol. The molecule has 2 rings (SSSR count). The van der Waals surface area contributed by atoms with Crippen LogP contribution in [-0.4, -0.2) is 48.7 Å². The average molecular weight is 285 g/mol. The Morgan fingerprint density at radius 3 is 2.85 bits per heavy atom. The Kier molecular flexibility index (Phi) is 3.47. The lowest BCUT2D eigenvalue weighted by Crippen LogP contribution is -2.46. The van der Waals surface area contributed by atoms with Gasteiger partial charge in [0.25, 0.3) is 0 Å². The van der Waals surface area contributed by atoms with Crippen LogP contribution in [-0.2, 0) is 4.74 Å². The van der Waals surface area contributed by atoms with Crippen molar-refractivity contribution in [2.75, 3.05) is 0 Å². The first-order chi connectivity index (χ1) is 9.31. The standard InChI is InChI=1S/C11H12FN3O5/c1-3-11(12)7(17)6(5(2)16)20-8(11)15-4-13-9(18)14-10(15)19/h1,4-8,16-17H,2H3,(H,14,18,19)/t5-,6+,7-,8+,11?/m0/s1. The van der Waals surface area contributed by atoms with Crippen LogP contribution < -0.4 is 11.4 Å². The molecule has 20 heavy (non-hydrogen) atoms. The van der Waals surface area contributed by atoms with Crippen molar-refractivity contribution in [3.8, 4) is 12.3 Å². The molecule has 1 fully saturated rings. The highest BCUT2D eigenvalue weighted by molar-refractivity contribution is 5.20. The Morgan fingerprint density at radius 2 is 2.35 bits per heavy atom. The van der Waals surface area contributed by atoms with Crippen molar-refractivity contribution in [1.29, 1.82) is 0 Å². The van der Waals surface area contributed by atoms with E-state index in [0.29, 0.717) is 4.57 Å². The number of H-pyrrole nitrogens is 1. The summed E-state index contributed by atoms with van der Waals surface area (Å²) in [6.45, 7) is 1.28. The van der Waals surface area contributed by atoms with Gasteiger partial charge in [-0.2, -0.15) is 4.98 Å². The van der Waals surface area contributed by atoms with Crippen molar-refractivity contribution in [1.82, 2.24) is 14.5 Å². The second-order valence-corrected chi connectivity index (χ2v) is 4.44. The fraction of sp³-hybridized carbons (Fsp3) is 0.545. The molecule has 8 nitrogen and oxygen atoms in total. The molecule has 1 aromatic rings. The molecule has 1 saturated heterocycles. The van der Waals surface area contributed by atoms with Gasteiger partial charge in [0.2, 0.25) is 5.67 Å². The van der Waals surface area contributed by atoms with E-state index in [1.54, 1.807) is 5.92 Å². The SMILES string of the molecule is C#CC1(F)[C@@H](O)[C@@H]([C@H](C)O)O[C@H]1n1cnc(=O)[nH]c1=O. The van der Waals surface area contributed by atoms with Gasteiger partial charge in [-0.15, -0.1) is 6.42 Å². The van der Waals surface area contributed by atoms with Crippen LogP contribution in [0.4, 0.5) is 4.39 Å². The van der Waals surface area contributed by atoms with Gasteiger partial charge >= 0.3 is 11.4 Å². The largest absolute Gasteiger partial charge is 0.391 e. The molecule has 3 N–H and O–H groups in total. The van der Waals surface area contributed by atoms with Gasteiger partial charge in [0.05, 0.1) is 6.10 Å². The quantitative estimate of drug-likeness (QED) is 0.536. The lowest BCUT2D eigenvalue weighted by molar-refractivity contribution is -0.0807. The van der Waals surface area contributed by atoms with Crippen LogP contribution >= 0.6 is 0 Å². The van der Waals surface area contributed by atoms with Gasteiger partial charge in [0.1, 0.15) is 18.5 Å². The molecule has 1 aromatic heterocycles. The van der Waals surface area contributed by atoms with Gasteiger partial charge in [-0.3, -0.25) is 9.55 Å². The molecule has 0 amide bonds. The molecular weight excluding hydrogens is 273 g/mol. The summed E-state index contributed by atoms with van der Waals surface area (Å²) in [5, 5.41) is 19.3. The third-order valence-corrected chi connectivity index (χ3v) is 3.08. The van der Waals surface area contributed by atoms with Gasteiger partial charge in [-0.05, 0) is 6.92 Å². The molecule has 9 heteroatoms. The summed E-state index contributed by atoms with van der Waals surface area (Å²) in [6, 6.07) is 0. The summed E-state index contributed by atoms with van der Waals surface area (Å²) < 4.78 is 20.4. The third-order valence-electron chi connectivity index (χ3n) is 3.08. The van der Waals surface area contributed by atoms with Gasteiger partial charge in [-0.25, -0.2) is 14.0 Å². The van der Waals surface area contributed by atoms with Gasteiger partial charge in [0.15, 0.2) is 6.23 Å². The summed E-state index contributed by atoms with van der Waals surface area (Å²) in [7, 11) is 0. The Balaban J connectivity index is 2.53. The number of rotatable bonds is 2. The topological polar surface area (TPSA) is 117 Å². The van der Waals surface area contributed by atoms with E-state index in [9.17, 15) is 24.2 Å². The number of hydrogen-bond donors (Lipinski definition) is 3. The first-order valence-corrected chi connectivity index (χ1v) is 5.67. The Bertz CT molecular complexity index is 663. The number of aliphatic hydroxyl groups is 2. The van der Waals surface area contributed by atoms with E-state index in [4.69, 9.17) is 11.2 Å². The van der Waals surface area contributed by atoms with E-state index in [1.165, 1.54) is 6.92 Å². The number of nitrogens with one attached hydrogen (secondary N) is 1. The predicted molar refractivity (Wildman–Crippen MR) is 63.4 cm³/mol. The van der Waals surface area contributed by atoms with Crippen LogP contribution in [0.5, 0.6) is 0 Å². The summed E-state index contributed by atoms with van der Waals surface area (Å²) in [6.07, 6.45) is -0.250. The van der Waals surface area contributed by atoms with E-state index in [0.717, 1.165) is 6.33 Å². The predicted octanol–water partition coefficient (Wildman–Crippen LogP) is -2.09. The molecular formula is C11H12FN3O5. The van der Waals surface area contributed by atoms with Crippen LogP contribution in [0.15, 0.2) is 15.9 Å². The van der Waals surface area contributed by atoms with E-state index in [2.05, 4.69) is 4.98 Å². The zero-order valence-electron chi connectivity index (χ0n) is 10.4. The van der Waals surface area contributed by atoms with Crippen molar-refractivity contribution in [2.45, 2.75) is 37.1 Å². The maximum absolute atomic E-state index is 14.7. The maximum atomic E-state index is 14.7. The third kappa shape index (κ3) is 2.03. The van der Waals surface area contributed by atoms with E-state index < -0.39 is 41.6 Å². The minimum absolute atomic E-state index is 0.618. The van der Waals surface area contributed by atoms with E-state index in [-0.39, 0.29) is 0 Å². The molecule has 0 spiro atoms. The fourth-order valence-corrected chi connectivity index (χ4v) is 2.03. The zero-order valence-corrected chi connectivity index (χ0v) is 10.4. The van der Waals surface area contributed by atoms with Crippen LogP contribution in [0.2, 0.25) is 0 Å². The summed E-state index contributed by atoms with van der Waals surface area (Å²) in [5.74, 6) is 1.73. The van der Waals surface area contributed by atoms with Crippen LogP contribution in [0, 0.1) is 12.3 Å². The molecule has 1 aliphatic heterocycles.